The summed E-state index contributed by atoms with van der Waals surface area (Å²) in [6.07, 6.45) is 0. The number of rotatable bonds is 2. The van der Waals surface area contributed by atoms with E-state index < -0.39 is 12.5 Å². The lowest BCUT2D eigenvalue weighted by Gasteiger charge is -2.30. The van der Waals surface area contributed by atoms with Crippen LogP contribution in [0.3, 0.4) is 0 Å². The van der Waals surface area contributed by atoms with Gasteiger partial charge >= 0.3 is 7.12 Å². The molecule has 2 aliphatic rings. The lowest BCUT2D eigenvalue weighted by atomic mass is 9.70. The van der Waals surface area contributed by atoms with Gasteiger partial charge in [0.25, 0.3) is 0 Å². The molecule has 2 nitrogen and oxygen atoms in total. The first-order valence-corrected chi connectivity index (χ1v) is 16.1. The summed E-state index contributed by atoms with van der Waals surface area (Å²) in [6.45, 7) is 0. The van der Waals surface area contributed by atoms with Gasteiger partial charge in [0.2, 0.25) is 0 Å². The van der Waals surface area contributed by atoms with Crippen LogP contribution < -0.4 is 5.46 Å². The minimum atomic E-state index is -1.55. The summed E-state index contributed by atoms with van der Waals surface area (Å²) in [5.41, 5.74) is 13.0. The molecule has 210 valence electrons. The normalized spacial score (nSPS) is 13.7. The van der Waals surface area contributed by atoms with E-state index >= 15 is 0 Å². The average molecular weight is 593 g/mol. The number of thiophene rings is 1. The summed E-state index contributed by atoms with van der Waals surface area (Å²) in [6, 6.07) is 50.4. The van der Waals surface area contributed by atoms with Crippen molar-refractivity contribution in [2.75, 3.05) is 0 Å². The molecular weight excluding hydrogens is 567 g/mol. The van der Waals surface area contributed by atoms with Gasteiger partial charge in [0.15, 0.2) is 0 Å². The van der Waals surface area contributed by atoms with E-state index in [-0.39, 0.29) is 0 Å². The second-order valence-electron chi connectivity index (χ2n) is 12.2. The summed E-state index contributed by atoms with van der Waals surface area (Å²) in [5, 5.41) is 25.2. The van der Waals surface area contributed by atoms with Gasteiger partial charge in [-0.2, -0.15) is 0 Å². The molecule has 2 N–H and O–H groups in total. The third-order valence-electron chi connectivity index (χ3n) is 10.1. The van der Waals surface area contributed by atoms with Gasteiger partial charge in [0.1, 0.15) is 0 Å². The van der Waals surface area contributed by atoms with Crippen molar-refractivity contribution in [1.82, 2.24) is 0 Å². The van der Waals surface area contributed by atoms with E-state index in [1.165, 1.54) is 44.5 Å². The first-order valence-electron chi connectivity index (χ1n) is 15.3. The minimum Gasteiger partial charge on any atom is -0.423 e. The smallest absolute Gasteiger partial charge is 0.423 e. The quantitative estimate of drug-likeness (QED) is 0.197. The summed E-state index contributed by atoms with van der Waals surface area (Å²) in [7, 11) is -1.55. The lowest BCUT2D eigenvalue weighted by molar-refractivity contribution is 0.426. The van der Waals surface area contributed by atoms with Crippen LogP contribution in [0.1, 0.15) is 22.3 Å². The Morgan fingerprint density at radius 2 is 1.02 bits per heavy atom. The maximum atomic E-state index is 10.4. The molecule has 0 unspecified atom stereocenters. The van der Waals surface area contributed by atoms with Crippen molar-refractivity contribution in [1.29, 1.82) is 0 Å². The van der Waals surface area contributed by atoms with Crippen molar-refractivity contribution in [3.05, 3.63) is 162 Å². The second kappa shape index (κ2) is 9.03. The Hall–Kier alpha value is -5.00. The maximum absolute atomic E-state index is 10.4. The molecule has 1 heterocycles. The van der Waals surface area contributed by atoms with Gasteiger partial charge < -0.3 is 10.0 Å². The van der Waals surface area contributed by atoms with Crippen LogP contribution in [0.4, 0.5) is 0 Å². The highest BCUT2D eigenvalue weighted by Crippen LogP contribution is 2.63. The van der Waals surface area contributed by atoms with Gasteiger partial charge in [0.05, 0.1) is 5.41 Å². The number of fused-ring (bicyclic) bond motifs is 15. The van der Waals surface area contributed by atoms with Crippen molar-refractivity contribution in [2.24, 2.45) is 0 Å². The van der Waals surface area contributed by atoms with Crippen molar-refractivity contribution >= 4 is 54.9 Å². The van der Waals surface area contributed by atoms with E-state index in [0.717, 1.165) is 42.1 Å². The minimum absolute atomic E-state index is 0.395. The Kier molecular flexibility index (Phi) is 5.08. The summed E-state index contributed by atoms with van der Waals surface area (Å²) in [4.78, 5) is 0. The summed E-state index contributed by atoms with van der Waals surface area (Å²) < 4.78 is 2.08. The van der Waals surface area contributed by atoms with E-state index in [4.69, 9.17) is 0 Å². The van der Waals surface area contributed by atoms with Gasteiger partial charge in [-0.1, -0.05) is 133 Å². The maximum Gasteiger partial charge on any atom is 0.489 e. The van der Waals surface area contributed by atoms with Crippen LogP contribution in [-0.2, 0) is 5.41 Å². The van der Waals surface area contributed by atoms with Gasteiger partial charge in [-0.25, -0.2) is 0 Å². The second-order valence-corrected chi connectivity index (χ2v) is 13.2. The van der Waals surface area contributed by atoms with Gasteiger partial charge in [0, 0.05) is 25.6 Å². The fraction of sp³-hybridized carbons (Fsp3) is 0.0244. The molecule has 0 saturated carbocycles. The molecule has 0 aliphatic heterocycles. The third kappa shape index (κ3) is 3.16. The molecule has 0 radical (unpaired) electrons. The third-order valence-corrected chi connectivity index (χ3v) is 11.4. The van der Waals surface area contributed by atoms with Crippen LogP contribution in [0.15, 0.2) is 140 Å². The number of benzene rings is 7. The Balaban J connectivity index is 1.29. The fourth-order valence-corrected chi connectivity index (χ4v) is 9.74. The average Bonchev–Trinajstić information content (AvgIpc) is 3.72. The zero-order valence-corrected chi connectivity index (χ0v) is 25.0. The molecule has 45 heavy (non-hydrogen) atoms. The summed E-state index contributed by atoms with van der Waals surface area (Å²) in [5.74, 6) is 0. The highest BCUT2D eigenvalue weighted by molar-refractivity contribution is 7.27. The molecule has 0 atom stereocenters. The van der Waals surface area contributed by atoms with Crippen LogP contribution in [0.2, 0.25) is 0 Å². The van der Waals surface area contributed by atoms with E-state index in [1.54, 1.807) is 11.3 Å². The van der Waals surface area contributed by atoms with Crippen molar-refractivity contribution < 1.29 is 10.0 Å². The Bertz CT molecular complexity index is 2480. The van der Waals surface area contributed by atoms with Gasteiger partial charge in [-0.15, -0.1) is 11.3 Å². The van der Waals surface area contributed by atoms with E-state index in [9.17, 15) is 10.0 Å². The molecule has 7 aromatic carbocycles. The van der Waals surface area contributed by atoms with Gasteiger partial charge in [-0.05, 0) is 72.5 Å². The molecule has 8 aromatic rings. The van der Waals surface area contributed by atoms with Crippen LogP contribution in [-0.4, -0.2) is 17.2 Å². The first-order chi connectivity index (χ1) is 22.2. The van der Waals surface area contributed by atoms with Crippen LogP contribution in [0.5, 0.6) is 0 Å². The molecule has 0 saturated heterocycles. The highest BCUT2D eigenvalue weighted by Gasteiger charge is 2.51. The molecule has 2 aliphatic carbocycles. The molecule has 1 aromatic heterocycles. The number of hydrogen-bond donors (Lipinski definition) is 2. The predicted octanol–water partition coefficient (Wildman–Crippen LogP) is 8.90. The largest absolute Gasteiger partial charge is 0.489 e. The molecule has 0 amide bonds. The van der Waals surface area contributed by atoms with Crippen LogP contribution in [0.25, 0.3) is 64.3 Å². The summed E-state index contributed by atoms with van der Waals surface area (Å²) >= 11 is 1.65. The van der Waals surface area contributed by atoms with E-state index in [1.807, 2.05) is 18.2 Å². The zero-order valence-electron chi connectivity index (χ0n) is 24.2. The molecule has 4 heteroatoms. The Labute approximate surface area is 264 Å². The van der Waals surface area contributed by atoms with Crippen molar-refractivity contribution in [3.63, 3.8) is 0 Å². The van der Waals surface area contributed by atoms with E-state index in [0.29, 0.717) is 5.46 Å². The molecule has 10 rings (SSSR count). The van der Waals surface area contributed by atoms with Crippen molar-refractivity contribution in [2.45, 2.75) is 5.41 Å². The first kappa shape index (κ1) is 25.3. The standard InChI is InChI=1S/C41H25BO2S/c43-42(44)37-23-24-10-1-2-11-26(24)38-32-16-9-15-27(39(32)45-40(37)38)25-20-21-31-30-14-5-8-19-35(30)41(36(31)22-25)33-17-6-3-12-28(33)29-13-4-7-18-34(29)41/h1-23,43-44H. The highest BCUT2D eigenvalue weighted by atomic mass is 32.1. The topological polar surface area (TPSA) is 40.5 Å². The van der Waals surface area contributed by atoms with Gasteiger partial charge in [-0.3, -0.25) is 0 Å². The predicted molar refractivity (Wildman–Crippen MR) is 188 cm³/mol. The van der Waals surface area contributed by atoms with E-state index in [2.05, 4.69) is 121 Å². The molecular formula is C41H25BO2S. The Morgan fingerprint density at radius 3 is 1.69 bits per heavy atom. The molecule has 0 bridgehead atoms. The molecule has 0 fully saturated rings. The fourth-order valence-electron chi connectivity index (χ4n) is 8.36. The zero-order chi connectivity index (χ0) is 29.9. The lowest BCUT2D eigenvalue weighted by Crippen LogP contribution is -2.29. The Morgan fingerprint density at radius 1 is 0.467 bits per heavy atom. The van der Waals surface area contributed by atoms with Crippen molar-refractivity contribution in [3.8, 4) is 33.4 Å². The molecule has 1 spiro atoms. The monoisotopic (exact) mass is 592 g/mol. The van der Waals surface area contributed by atoms with Crippen LogP contribution >= 0.6 is 11.3 Å². The SMILES string of the molecule is OB(O)c1cc2ccccc2c2c1sc1c(-c3ccc4c(c3)C3(c5ccccc5-c5ccccc53)c3ccccc3-4)cccc12. The van der Waals surface area contributed by atoms with Crippen LogP contribution in [0, 0.1) is 0 Å². The number of hydrogen-bond acceptors (Lipinski definition) is 3.